The van der Waals surface area contributed by atoms with E-state index in [2.05, 4.69) is 17.1 Å². The Labute approximate surface area is 146 Å². The number of ether oxygens (including phenoxy) is 1. The number of hydrogen-bond acceptors (Lipinski definition) is 3. The van der Waals surface area contributed by atoms with Crippen molar-refractivity contribution >= 4 is 11.7 Å². The van der Waals surface area contributed by atoms with Crippen LogP contribution in [0.2, 0.25) is 0 Å². The van der Waals surface area contributed by atoms with Crippen LogP contribution in [0.5, 0.6) is 5.75 Å². The Morgan fingerprint density at radius 3 is 2.04 bits per heavy atom. The Morgan fingerprint density at radius 2 is 1.46 bits per heavy atom. The van der Waals surface area contributed by atoms with Crippen molar-refractivity contribution < 1.29 is 4.74 Å². The summed E-state index contributed by atoms with van der Waals surface area (Å²) in [5, 5.41) is 7.61. The van der Waals surface area contributed by atoms with E-state index in [0.717, 1.165) is 30.1 Å². The number of nitrogens with two attached hydrogens (primary N) is 2. The second kappa shape index (κ2) is 12.4. The summed E-state index contributed by atoms with van der Waals surface area (Å²) in [5.41, 5.74) is 12.3. The Hall–Kier alpha value is -2.04. The Bertz CT molecular complexity index is 505. The predicted octanol–water partition coefficient (Wildman–Crippen LogP) is 4.20. The standard InChI is InChI=1S/C19H32N4O/c1-3-4-5-6-7-8-9-10-15-24-18-13-11-17(12-14-18)16(2)22-23-19(20)21/h11-14H,3-10,15H2,1-2H3,(H4,20,21,23). The van der Waals surface area contributed by atoms with Gasteiger partial charge in [-0.3, -0.25) is 0 Å². The Balaban J connectivity index is 2.21. The minimum Gasteiger partial charge on any atom is -0.494 e. The molecule has 0 spiro atoms. The first kappa shape index (κ1) is 20.0. The summed E-state index contributed by atoms with van der Waals surface area (Å²) >= 11 is 0. The fraction of sp³-hybridized carbons (Fsp3) is 0.579. The summed E-state index contributed by atoms with van der Waals surface area (Å²) in [4.78, 5) is 0. The molecule has 0 bridgehead atoms. The number of nitrogens with zero attached hydrogens (tertiary/aromatic N) is 2. The van der Waals surface area contributed by atoms with Gasteiger partial charge in [0.2, 0.25) is 5.96 Å². The smallest absolute Gasteiger partial charge is 0.211 e. The molecule has 4 N–H and O–H groups in total. The minimum absolute atomic E-state index is 0.0420. The van der Waals surface area contributed by atoms with Gasteiger partial charge in [0, 0.05) is 0 Å². The minimum atomic E-state index is -0.0420. The molecule has 5 nitrogen and oxygen atoms in total. The Kier molecular flexibility index (Phi) is 10.3. The van der Waals surface area contributed by atoms with Gasteiger partial charge in [-0.25, -0.2) is 0 Å². The van der Waals surface area contributed by atoms with Crippen LogP contribution >= 0.6 is 0 Å². The first-order valence-electron chi connectivity index (χ1n) is 9.00. The van der Waals surface area contributed by atoms with Crippen molar-refractivity contribution in [2.45, 2.75) is 65.2 Å². The predicted molar refractivity (Wildman–Crippen MR) is 103 cm³/mol. The molecule has 5 heteroatoms. The second-order valence-corrected chi connectivity index (χ2v) is 6.06. The number of rotatable bonds is 12. The molecule has 0 unspecified atom stereocenters. The Morgan fingerprint density at radius 1 is 0.875 bits per heavy atom. The third-order valence-electron chi connectivity index (χ3n) is 3.85. The van der Waals surface area contributed by atoms with Gasteiger partial charge in [0.1, 0.15) is 5.75 Å². The topological polar surface area (TPSA) is 86.0 Å². The molecule has 0 radical (unpaired) electrons. The molecule has 1 aromatic rings. The zero-order valence-corrected chi connectivity index (χ0v) is 15.1. The van der Waals surface area contributed by atoms with E-state index in [9.17, 15) is 0 Å². The van der Waals surface area contributed by atoms with E-state index < -0.39 is 0 Å². The van der Waals surface area contributed by atoms with Gasteiger partial charge in [-0.2, -0.15) is 5.10 Å². The molecule has 0 atom stereocenters. The quantitative estimate of drug-likeness (QED) is 0.260. The largest absolute Gasteiger partial charge is 0.494 e. The highest BCUT2D eigenvalue weighted by Crippen LogP contribution is 2.14. The fourth-order valence-electron chi connectivity index (χ4n) is 2.41. The van der Waals surface area contributed by atoms with Gasteiger partial charge in [-0.05, 0) is 43.2 Å². The number of benzene rings is 1. The number of hydrogen-bond donors (Lipinski definition) is 2. The molecule has 1 aromatic carbocycles. The summed E-state index contributed by atoms with van der Waals surface area (Å²) < 4.78 is 5.78. The van der Waals surface area contributed by atoms with E-state index >= 15 is 0 Å². The number of unbranched alkanes of at least 4 members (excludes halogenated alkanes) is 7. The van der Waals surface area contributed by atoms with Crippen molar-refractivity contribution in [3.05, 3.63) is 29.8 Å². The van der Waals surface area contributed by atoms with Crippen LogP contribution in [-0.2, 0) is 0 Å². The van der Waals surface area contributed by atoms with Gasteiger partial charge in [0.05, 0.1) is 12.3 Å². The van der Waals surface area contributed by atoms with E-state index in [1.54, 1.807) is 0 Å². The first-order valence-corrected chi connectivity index (χ1v) is 9.00. The van der Waals surface area contributed by atoms with Crippen LogP contribution in [0.25, 0.3) is 0 Å². The van der Waals surface area contributed by atoms with E-state index in [-0.39, 0.29) is 5.96 Å². The third-order valence-corrected chi connectivity index (χ3v) is 3.85. The van der Waals surface area contributed by atoms with Gasteiger partial charge < -0.3 is 16.2 Å². The lowest BCUT2D eigenvalue weighted by atomic mass is 10.1. The van der Waals surface area contributed by atoms with Crippen LogP contribution in [0.15, 0.2) is 34.5 Å². The van der Waals surface area contributed by atoms with Gasteiger partial charge in [-0.1, -0.05) is 51.9 Å². The maximum Gasteiger partial charge on any atom is 0.211 e. The fourth-order valence-corrected chi connectivity index (χ4v) is 2.41. The maximum absolute atomic E-state index is 5.78. The first-order chi connectivity index (χ1) is 11.6. The van der Waals surface area contributed by atoms with Crippen molar-refractivity contribution in [3.63, 3.8) is 0 Å². The van der Waals surface area contributed by atoms with E-state index in [1.165, 1.54) is 44.9 Å². The van der Waals surface area contributed by atoms with Crippen molar-refractivity contribution in [1.29, 1.82) is 0 Å². The normalized spacial score (nSPS) is 11.3. The van der Waals surface area contributed by atoms with Crippen LogP contribution in [0.1, 0.15) is 70.8 Å². The molecule has 0 saturated heterocycles. The summed E-state index contributed by atoms with van der Waals surface area (Å²) in [6.45, 7) is 4.89. The second-order valence-electron chi connectivity index (χ2n) is 6.06. The van der Waals surface area contributed by atoms with Crippen molar-refractivity contribution in [1.82, 2.24) is 0 Å². The number of guanidine groups is 1. The highest BCUT2D eigenvalue weighted by Gasteiger charge is 1.99. The molecule has 0 aliphatic carbocycles. The molecule has 0 amide bonds. The molecule has 1 rings (SSSR count). The molecule has 0 aliphatic rings. The highest BCUT2D eigenvalue weighted by atomic mass is 16.5. The molecule has 0 heterocycles. The average molecular weight is 332 g/mol. The van der Waals surface area contributed by atoms with Crippen molar-refractivity contribution in [3.8, 4) is 5.75 Å². The lowest BCUT2D eigenvalue weighted by Crippen LogP contribution is -2.22. The monoisotopic (exact) mass is 332 g/mol. The molecule has 0 aromatic heterocycles. The molecular formula is C19H32N4O. The van der Waals surface area contributed by atoms with Gasteiger partial charge in [-0.15, -0.1) is 5.10 Å². The van der Waals surface area contributed by atoms with Crippen LogP contribution in [0, 0.1) is 0 Å². The highest BCUT2D eigenvalue weighted by molar-refractivity contribution is 5.99. The molecule has 24 heavy (non-hydrogen) atoms. The van der Waals surface area contributed by atoms with E-state index in [1.807, 2.05) is 31.2 Å². The lowest BCUT2D eigenvalue weighted by molar-refractivity contribution is 0.304. The zero-order valence-electron chi connectivity index (χ0n) is 15.1. The van der Waals surface area contributed by atoms with Crippen LogP contribution in [-0.4, -0.2) is 18.3 Å². The van der Waals surface area contributed by atoms with E-state index in [4.69, 9.17) is 16.2 Å². The van der Waals surface area contributed by atoms with Gasteiger partial charge in [0.25, 0.3) is 0 Å². The van der Waals surface area contributed by atoms with Crippen LogP contribution in [0.4, 0.5) is 0 Å². The molecule has 0 saturated carbocycles. The third kappa shape index (κ3) is 9.18. The SMILES string of the molecule is CCCCCCCCCCOc1ccc(C(C)=NN=C(N)N)cc1. The zero-order chi connectivity index (χ0) is 17.6. The van der Waals surface area contributed by atoms with Crippen molar-refractivity contribution in [2.24, 2.45) is 21.7 Å². The molecular weight excluding hydrogens is 300 g/mol. The molecule has 0 fully saturated rings. The van der Waals surface area contributed by atoms with Gasteiger partial charge >= 0.3 is 0 Å². The molecule has 0 aliphatic heterocycles. The summed E-state index contributed by atoms with van der Waals surface area (Å²) in [6, 6.07) is 7.83. The van der Waals surface area contributed by atoms with Gasteiger partial charge in [0.15, 0.2) is 0 Å². The van der Waals surface area contributed by atoms with Crippen LogP contribution < -0.4 is 16.2 Å². The molecule has 134 valence electrons. The van der Waals surface area contributed by atoms with Crippen LogP contribution in [0.3, 0.4) is 0 Å². The summed E-state index contributed by atoms with van der Waals surface area (Å²) in [6.07, 6.45) is 10.5. The van der Waals surface area contributed by atoms with Crippen molar-refractivity contribution in [2.75, 3.05) is 6.61 Å². The maximum atomic E-state index is 5.78. The van der Waals surface area contributed by atoms with E-state index in [0.29, 0.717) is 0 Å². The average Bonchev–Trinajstić information content (AvgIpc) is 2.58. The summed E-state index contributed by atoms with van der Waals surface area (Å²) in [7, 11) is 0. The lowest BCUT2D eigenvalue weighted by Gasteiger charge is -2.07. The summed E-state index contributed by atoms with van der Waals surface area (Å²) in [5.74, 6) is 0.844.